The first kappa shape index (κ1) is 16.8. The molecule has 4 nitrogen and oxygen atoms in total. The number of aryl methyl sites for hydroxylation is 1. The average molecular weight is 388 g/mol. The molecule has 126 valence electrons. The van der Waals surface area contributed by atoms with Crippen molar-refractivity contribution in [1.29, 1.82) is 0 Å². The third kappa shape index (κ3) is 4.29. The highest BCUT2D eigenvalue weighted by atomic mass is 79.9. The second kappa shape index (κ2) is 7.71. The highest BCUT2D eigenvalue weighted by Crippen LogP contribution is 2.18. The number of hydrogen-bond acceptors (Lipinski definition) is 3. The number of piperazine rings is 1. The zero-order valence-corrected chi connectivity index (χ0v) is 15.4. The Kier molecular flexibility index (Phi) is 5.41. The van der Waals surface area contributed by atoms with E-state index in [1.165, 1.54) is 11.3 Å². The number of hydrogen-bond donors (Lipinski definition) is 1. The fraction of sp³-hybridized carbons (Fsp3) is 0.316. The number of nitrogens with zero attached hydrogens (tertiary/aromatic N) is 2. The van der Waals surface area contributed by atoms with Gasteiger partial charge in [0, 0.05) is 42.0 Å². The fourth-order valence-corrected chi connectivity index (χ4v) is 3.33. The third-order valence-electron chi connectivity index (χ3n) is 4.27. The first-order valence-electron chi connectivity index (χ1n) is 8.21. The molecule has 5 heteroatoms. The monoisotopic (exact) mass is 387 g/mol. The summed E-state index contributed by atoms with van der Waals surface area (Å²) >= 11 is 3.44. The van der Waals surface area contributed by atoms with E-state index in [4.69, 9.17) is 0 Å². The van der Waals surface area contributed by atoms with E-state index in [9.17, 15) is 4.79 Å². The topological polar surface area (TPSA) is 35.6 Å². The number of rotatable bonds is 4. The van der Waals surface area contributed by atoms with Crippen molar-refractivity contribution in [2.75, 3.05) is 42.9 Å². The van der Waals surface area contributed by atoms with Gasteiger partial charge >= 0.3 is 0 Å². The smallest absolute Gasteiger partial charge is 0.241 e. The summed E-state index contributed by atoms with van der Waals surface area (Å²) in [6.07, 6.45) is 0. The lowest BCUT2D eigenvalue weighted by Gasteiger charge is -2.36. The summed E-state index contributed by atoms with van der Waals surface area (Å²) in [5.41, 5.74) is 3.47. The molecule has 1 N–H and O–H groups in total. The zero-order valence-electron chi connectivity index (χ0n) is 13.8. The van der Waals surface area contributed by atoms with Crippen molar-refractivity contribution in [3.63, 3.8) is 0 Å². The zero-order chi connectivity index (χ0) is 16.9. The van der Waals surface area contributed by atoms with Gasteiger partial charge in [-0.1, -0.05) is 34.1 Å². The molecule has 0 spiro atoms. The Morgan fingerprint density at radius 3 is 2.54 bits per heavy atom. The van der Waals surface area contributed by atoms with Gasteiger partial charge in [0.05, 0.1) is 6.54 Å². The first-order valence-corrected chi connectivity index (χ1v) is 9.00. The molecule has 2 aromatic rings. The summed E-state index contributed by atoms with van der Waals surface area (Å²) in [5.74, 6) is 0.152. The lowest BCUT2D eigenvalue weighted by molar-refractivity contribution is -0.129. The van der Waals surface area contributed by atoms with Crippen LogP contribution in [0.3, 0.4) is 0 Å². The van der Waals surface area contributed by atoms with Gasteiger partial charge in [-0.05, 0) is 42.8 Å². The van der Waals surface area contributed by atoms with Gasteiger partial charge < -0.3 is 15.1 Å². The quantitative estimate of drug-likeness (QED) is 0.871. The second-order valence-electron chi connectivity index (χ2n) is 6.07. The van der Waals surface area contributed by atoms with Gasteiger partial charge in [0.25, 0.3) is 0 Å². The average Bonchev–Trinajstić information content (AvgIpc) is 2.60. The van der Waals surface area contributed by atoms with Crippen LogP contribution in [0.15, 0.2) is 53.0 Å². The van der Waals surface area contributed by atoms with Crippen LogP contribution < -0.4 is 10.2 Å². The molecule has 2 aromatic carbocycles. The van der Waals surface area contributed by atoms with Gasteiger partial charge in [-0.25, -0.2) is 0 Å². The molecule has 1 fully saturated rings. The molecule has 1 heterocycles. The number of carbonyl (C=O) groups is 1. The summed E-state index contributed by atoms with van der Waals surface area (Å²) in [5, 5.41) is 3.20. The summed E-state index contributed by atoms with van der Waals surface area (Å²) in [7, 11) is 0. The molecule has 1 aliphatic rings. The number of nitrogens with one attached hydrogen (secondary N) is 1. The summed E-state index contributed by atoms with van der Waals surface area (Å²) in [4.78, 5) is 16.7. The highest BCUT2D eigenvalue weighted by molar-refractivity contribution is 9.10. The third-order valence-corrected chi connectivity index (χ3v) is 4.76. The molecule has 1 saturated heterocycles. The second-order valence-corrected chi connectivity index (χ2v) is 6.99. The van der Waals surface area contributed by atoms with Crippen molar-refractivity contribution < 1.29 is 4.79 Å². The Hall–Kier alpha value is -2.01. The van der Waals surface area contributed by atoms with Crippen molar-refractivity contribution in [3.8, 4) is 0 Å². The minimum absolute atomic E-state index is 0.152. The van der Waals surface area contributed by atoms with Crippen LogP contribution in [0, 0.1) is 6.92 Å². The first-order chi connectivity index (χ1) is 11.6. The van der Waals surface area contributed by atoms with Gasteiger partial charge in [0.1, 0.15) is 0 Å². The van der Waals surface area contributed by atoms with E-state index in [1.54, 1.807) is 0 Å². The molecule has 0 aromatic heterocycles. The van der Waals surface area contributed by atoms with E-state index in [-0.39, 0.29) is 5.91 Å². The van der Waals surface area contributed by atoms with Crippen LogP contribution >= 0.6 is 15.9 Å². The van der Waals surface area contributed by atoms with E-state index < -0.39 is 0 Å². The van der Waals surface area contributed by atoms with E-state index in [0.717, 1.165) is 36.3 Å². The van der Waals surface area contributed by atoms with E-state index in [2.05, 4.69) is 57.3 Å². The van der Waals surface area contributed by atoms with Crippen molar-refractivity contribution in [3.05, 3.63) is 58.6 Å². The molecular weight excluding hydrogens is 366 g/mol. The Morgan fingerprint density at radius 2 is 1.83 bits per heavy atom. The SMILES string of the molecule is Cc1cccc(N2CCN(C(=O)CNc3cccc(Br)c3)CC2)c1. The van der Waals surface area contributed by atoms with Crippen LogP contribution in [0.4, 0.5) is 11.4 Å². The standard InChI is InChI=1S/C19H22BrN3O/c1-15-4-2-7-18(12-15)22-8-10-23(11-9-22)19(24)14-21-17-6-3-5-16(20)13-17/h2-7,12-13,21H,8-11,14H2,1H3. The normalized spacial score (nSPS) is 14.6. The molecule has 24 heavy (non-hydrogen) atoms. The van der Waals surface area contributed by atoms with Crippen molar-refractivity contribution in [1.82, 2.24) is 4.90 Å². The molecule has 0 radical (unpaired) electrons. The van der Waals surface area contributed by atoms with Crippen molar-refractivity contribution in [2.24, 2.45) is 0 Å². The van der Waals surface area contributed by atoms with Crippen LogP contribution in [0.1, 0.15) is 5.56 Å². The Morgan fingerprint density at radius 1 is 1.08 bits per heavy atom. The van der Waals surface area contributed by atoms with Gasteiger partial charge in [-0.2, -0.15) is 0 Å². The number of carbonyl (C=O) groups excluding carboxylic acids is 1. The lowest BCUT2D eigenvalue weighted by atomic mass is 10.2. The molecule has 1 aliphatic heterocycles. The van der Waals surface area contributed by atoms with Gasteiger partial charge in [0.15, 0.2) is 0 Å². The van der Waals surface area contributed by atoms with Crippen LogP contribution in [-0.2, 0) is 4.79 Å². The Labute approximate surface area is 151 Å². The van der Waals surface area contributed by atoms with Crippen LogP contribution in [0.2, 0.25) is 0 Å². The number of amides is 1. The minimum Gasteiger partial charge on any atom is -0.376 e. The molecular formula is C19H22BrN3O. The van der Waals surface area contributed by atoms with Crippen LogP contribution in [0.25, 0.3) is 0 Å². The maximum absolute atomic E-state index is 12.4. The van der Waals surface area contributed by atoms with Crippen LogP contribution in [-0.4, -0.2) is 43.5 Å². The Balaban J connectivity index is 1.50. The molecule has 0 unspecified atom stereocenters. The van der Waals surface area contributed by atoms with Gasteiger partial charge in [-0.15, -0.1) is 0 Å². The minimum atomic E-state index is 0.152. The molecule has 0 bridgehead atoms. The maximum Gasteiger partial charge on any atom is 0.241 e. The van der Waals surface area contributed by atoms with E-state index in [0.29, 0.717) is 6.54 Å². The number of halogens is 1. The van der Waals surface area contributed by atoms with Gasteiger partial charge in [0.2, 0.25) is 5.91 Å². The van der Waals surface area contributed by atoms with E-state index >= 15 is 0 Å². The van der Waals surface area contributed by atoms with Gasteiger partial charge in [-0.3, -0.25) is 4.79 Å². The number of anilines is 2. The van der Waals surface area contributed by atoms with Crippen LogP contribution in [0.5, 0.6) is 0 Å². The number of benzene rings is 2. The summed E-state index contributed by atoms with van der Waals surface area (Å²) < 4.78 is 1.01. The molecule has 1 amide bonds. The lowest BCUT2D eigenvalue weighted by Crippen LogP contribution is -2.50. The fourth-order valence-electron chi connectivity index (χ4n) is 2.93. The van der Waals surface area contributed by atoms with Crippen molar-refractivity contribution >= 4 is 33.2 Å². The molecule has 0 atom stereocenters. The maximum atomic E-state index is 12.4. The molecule has 0 saturated carbocycles. The summed E-state index contributed by atoms with van der Waals surface area (Å²) in [6.45, 7) is 5.75. The Bertz CT molecular complexity index is 711. The predicted octanol–water partition coefficient (Wildman–Crippen LogP) is 3.52. The molecule has 3 rings (SSSR count). The predicted molar refractivity (Wildman–Crippen MR) is 103 cm³/mol. The summed E-state index contributed by atoms with van der Waals surface area (Å²) in [6, 6.07) is 16.4. The van der Waals surface area contributed by atoms with E-state index in [1.807, 2.05) is 29.2 Å². The largest absolute Gasteiger partial charge is 0.376 e. The van der Waals surface area contributed by atoms with Crippen molar-refractivity contribution in [2.45, 2.75) is 6.92 Å². The highest BCUT2D eigenvalue weighted by Gasteiger charge is 2.21. The molecule has 0 aliphatic carbocycles.